The van der Waals surface area contributed by atoms with Crippen LogP contribution >= 0.6 is 15.9 Å². The smallest absolute Gasteiger partial charge is 0.243 e. The molecule has 0 aliphatic carbocycles. The molecule has 17 heavy (non-hydrogen) atoms. The van der Waals surface area contributed by atoms with Crippen LogP contribution in [0.15, 0.2) is 33.6 Å². The van der Waals surface area contributed by atoms with Crippen molar-refractivity contribution in [3.05, 3.63) is 28.7 Å². The fraction of sp³-hybridized carbons (Fsp3) is 0.455. The molecule has 1 aromatic carbocycles. The molecule has 0 amide bonds. The summed E-state index contributed by atoms with van der Waals surface area (Å²) in [5.41, 5.74) is 0. The first-order valence-corrected chi connectivity index (χ1v) is 7.67. The fourth-order valence-electron chi connectivity index (χ4n) is 1.89. The highest BCUT2D eigenvalue weighted by atomic mass is 79.9. The molecule has 0 radical (unpaired) electrons. The minimum Gasteiger partial charge on any atom is -0.392 e. The normalized spacial score (nSPS) is 22.6. The number of β-amino-alcohol motifs (C(OH)–C–C–N with tert-alkyl or cyclic N) is 1. The van der Waals surface area contributed by atoms with E-state index in [9.17, 15) is 13.5 Å². The lowest BCUT2D eigenvalue weighted by molar-refractivity contribution is 0.108. The lowest BCUT2D eigenvalue weighted by Gasteiger charge is -2.29. The summed E-state index contributed by atoms with van der Waals surface area (Å²) < 4.78 is 26.7. The van der Waals surface area contributed by atoms with E-state index >= 15 is 0 Å². The number of hydrogen-bond acceptors (Lipinski definition) is 3. The molecule has 1 atom stereocenters. The lowest BCUT2D eigenvalue weighted by Crippen LogP contribution is -2.42. The maximum Gasteiger partial charge on any atom is 0.243 e. The number of hydrogen-bond donors (Lipinski definition) is 1. The topological polar surface area (TPSA) is 57.6 Å². The Morgan fingerprint density at radius 3 is 2.53 bits per heavy atom. The number of aliphatic hydroxyl groups excluding tert-OH is 1. The molecule has 0 unspecified atom stereocenters. The first kappa shape index (κ1) is 13.0. The molecule has 2 rings (SSSR count). The second-order valence-corrected chi connectivity index (χ2v) is 6.97. The van der Waals surface area contributed by atoms with Crippen molar-refractivity contribution < 1.29 is 13.5 Å². The van der Waals surface area contributed by atoms with Crippen molar-refractivity contribution in [2.75, 3.05) is 13.1 Å². The highest BCUT2D eigenvalue weighted by Crippen LogP contribution is 2.22. The minimum absolute atomic E-state index is 0.193. The van der Waals surface area contributed by atoms with Crippen molar-refractivity contribution >= 4 is 26.0 Å². The van der Waals surface area contributed by atoms with Gasteiger partial charge in [-0.2, -0.15) is 4.31 Å². The average molecular weight is 320 g/mol. The monoisotopic (exact) mass is 319 g/mol. The van der Waals surface area contributed by atoms with E-state index in [1.165, 1.54) is 4.31 Å². The molecule has 1 aliphatic heterocycles. The number of halogens is 1. The zero-order valence-electron chi connectivity index (χ0n) is 9.21. The van der Waals surface area contributed by atoms with Gasteiger partial charge in [0.15, 0.2) is 0 Å². The summed E-state index contributed by atoms with van der Waals surface area (Å²) in [5.74, 6) is 0. The minimum atomic E-state index is -3.46. The van der Waals surface area contributed by atoms with E-state index in [1.807, 2.05) is 0 Å². The number of benzene rings is 1. The highest BCUT2D eigenvalue weighted by molar-refractivity contribution is 9.10. The predicted octanol–water partition coefficient (Wildman–Crippen LogP) is 1.59. The van der Waals surface area contributed by atoms with Crippen LogP contribution in [0.1, 0.15) is 12.8 Å². The second kappa shape index (κ2) is 5.06. The third kappa shape index (κ3) is 2.88. The molecule has 1 N–H and O–H groups in total. The molecular formula is C11H14BrNO3S. The van der Waals surface area contributed by atoms with E-state index in [2.05, 4.69) is 15.9 Å². The van der Waals surface area contributed by atoms with E-state index in [0.717, 1.165) is 4.47 Å². The van der Waals surface area contributed by atoms with Crippen LogP contribution in [0.25, 0.3) is 0 Å². The van der Waals surface area contributed by atoms with Gasteiger partial charge >= 0.3 is 0 Å². The van der Waals surface area contributed by atoms with E-state index in [4.69, 9.17) is 0 Å². The van der Waals surface area contributed by atoms with Crippen LogP contribution in [0.2, 0.25) is 0 Å². The van der Waals surface area contributed by atoms with Gasteiger partial charge in [-0.25, -0.2) is 8.42 Å². The van der Waals surface area contributed by atoms with Crippen LogP contribution in [0.4, 0.5) is 0 Å². The van der Waals surface area contributed by atoms with E-state index in [-0.39, 0.29) is 11.4 Å². The number of sulfonamides is 1. The van der Waals surface area contributed by atoms with Crippen LogP contribution in [-0.2, 0) is 10.0 Å². The summed E-state index contributed by atoms with van der Waals surface area (Å²) in [4.78, 5) is 0.273. The Morgan fingerprint density at radius 1 is 1.29 bits per heavy atom. The molecule has 0 aromatic heterocycles. The van der Waals surface area contributed by atoms with Crippen molar-refractivity contribution in [2.24, 2.45) is 0 Å². The van der Waals surface area contributed by atoms with Gasteiger partial charge in [-0.3, -0.25) is 0 Å². The maximum absolute atomic E-state index is 12.2. The van der Waals surface area contributed by atoms with Crippen molar-refractivity contribution in [3.63, 3.8) is 0 Å². The van der Waals surface area contributed by atoms with Crippen LogP contribution in [0.3, 0.4) is 0 Å². The maximum atomic E-state index is 12.2. The van der Waals surface area contributed by atoms with Gasteiger partial charge in [-0.05, 0) is 37.1 Å². The SMILES string of the molecule is O=S(=O)(c1ccc(Br)cc1)N1CCC[C@H](O)C1. The molecule has 1 heterocycles. The molecule has 4 nitrogen and oxygen atoms in total. The molecule has 1 aromatic rings. The van der Waals surface area contributed by atoms with Crippen molar-refractivity contribution in [3.8, 4) is 0 Å². The van der Waals surface area contributed by atoms with Crippen LogP contribution in [0.5, 0.6) is 0 Å². The summed E-state index contributed by atoms with van der Waals surface area (Å²) in [6.45, 7) is 0.674. The molecule has 6 heteroatoms. The molecule has 94 valence electrons. The van der Waals surface area contributed by atoms with E-state index < -0.39 is 16.1 Å². The number of piperidine rings is 1. The molecule has 1 saturated heterocycles. The van der Waals surface area contributed by atoms with Crippen molar-refractivity contribution in [1.82, 2.24) is 4.31 Å². The number of nitrogens with zero attached hydrogens (tertiary/aromatic N) is 1. The zero-order valence-corrected chi connectivity index (χ0v) is 11.6. The highest BCUT2D eigenvalue weighted by Gasteiger charge is 2.29. The fourth-order valence-corrected chi connectivity index (χ4v) is 3.68. The van der Waals surface area contributed by atoms with E-state index in [1.54, 1.807) is 24.3 Å². The summed E-state index contributed by atoms with van der Waals surface area (Å²) >= 11 is 3.27. The van der Waals surface area contributed by atoms with Gasteiger partial charge in [0.2, 0.25) is 10.0 Å². The van der Waals surface area contributed by atoms with Gasteiger partial charge < -0.3 is 5.11 Å². The quantitative estimate of drug-likeness (QED) is 0.900. The predicted molar refractivity (Wildman–Crippen MR) is 68.1 cm³/mol. The molecule has 0 spiro atoms. The third-order valence-corrected chi connectivity index (χ3v) is 5.22. The van der Waals surface area contributed by atoms with Crippen LogP contribution in [-0.4, -0.2) is 37.0 Å². The Kier molecular flexibility index (Phi) is 3.87. The van der Waals surface area contributed by atoms with Gasteiger partial charge in [-0.15, -0.1) is 0 Å². The van der Waals surface area contributed by atoms with Gasteiger partial charge in [0.1, 0.15) is 0 Å². The Morgan fingerprint density at radius 2 is 1.94 bits per heavy atom. The van der Waals surface area contributed by atoms with E-state index in [0.29, 0.717) is 19.4 Å². The Balaban J connectivity index is 2.26. The summed E-state index contributed by atoms with van der Waals surface area (Å²) in [6.07, 6.45) is 0.831. The number of aliphatic hydroxyl groups is 1. The van der Waals surface area contributed by atoms with Gasteiger partial charge in [0.05, 0.1) is 11.0 Å². The average Bonchev–Trinajstić information content (AvgIpc) is 2.29. The number of rotatable bonds is 2. The van der Waals surface area contributed by atoms with Crippen molar-refractivity contribution in [1.29, 1.82) is 0 Å². The first-order chi connectivity index (χ1) is 8.00. The molecule has 1 aliphatic rings. The van der Waals surface area contributed by atoms with Crippen LogP contribution in [0, 0.1) is 0 Å². The Bertz CT molecular complexity index is 486. The second-order valence-electron chi connectivity index (χ2n) is 4.11. The largest absolute Gasteiger partial charge is 0.392 e. The summed E-state index contributed by atoms with van der Waals surface area (Å²) in [5, 5.41) is 9.52. The summed E-state index contributed by atoms with van der Waals surface area (Å²) in [7, 11) is -3.46. The van der Waals surface area contributed by atoms with Gasteiger partial charge in [0, 0.05) is 17.6 Å². The molecule has 1 fully saturated rings. The molecule has 0 saturated carbocycles. The van der Waals surface area contributed by atoms with Crippen LogP contribution < -0.4 is 0 Å². The first-order valence-electron chi connectivity index (χ1n) is 5.44. The summed E-state index contributed by atoms with van der Waals surface area (Å²) in [6, 6.07) is 6.54. The third-order valence-electron chi connectivity index (χ3n) is 2.81. The Hall–Kier alpha value is -0.430. The Labute approximate surface area is 109 Å². The van der Waals surface area contributed by atoms with Gasteiger partial charge in [0.25, 0.3) is 0 Å². The van der Waals surface area contributed by atoms with Gasteiger partial charge in [-0.1, -0.05) is 15.9 Å². The zero-order chi connectivity index (χ0) is 12.5. The lowest BCUT2D eigenvalue weighted by atomic mass is 10.1. The standard InChI is InChI=1S/C11H14BrNO3S/c12-9-3-5-11(6-4-9)17(15,16)13-7-1-2-10(14)8-13/h3-6,10,14H,1-2,7-8H2/t10-/m0/s1. The molecule has 0 bridgehead atoms. The van der Waals surface area contributed by atoms with Crippen molar-refractivity contribution in [2.45, 2.75) is 23.8 Å². The molecular weight excluding hydrogens is 306 g/mol.